The SMILES string of the molecule is Cn1cc(-c2ccc3c(-c4cn(C5CCCCO5)nc4-c4cc(F)ccc4F)ncnc3c2)cn1. The molecule has 1 aliphatic heterocycles. The van der Waals surface area contributed by atoms with Crippen molar-refractivity contribution in [1.29, 1.82) is 0 Å². The van der Waals surface area contributed by atoms with Crippen LogP contribution in [0.15, 0.2) is 61.3 Å². The Morgan fingerprint density at radius 2 is 1.86 bits per heavy atom. The average Bonchev–Trinajstić information content (AvgIpc) is 3.52. The Morgan fingerprint density at radius 1 is 0.943 bits per heavy atom. The Hall–Kier alpha value is -3.98. The highest BCUT2D eigenvalue weighted by Gasteiger charge is 2.24. The number of hydrogen-bond donors (Lipinski definition) is 0. The monoisotopic (exact) mass is 472 g/mol. The molecule has 0 aliphatic carbocycles. The molecule has 1 saturated heterocycles. The Bertz CT molecular complexity index is 1540. The lowest BCUT2D eigenvalue weighted by atomic mass is 10.0. The second kappa shape index (κ2) is 8.66. The summed E-state index contributed by atoms with van der Waals surface area (Å²) >= 11 is 0. The van der Waals surface area contributed by atoms with E-state index in [2.05, 4.69) is 20.2 Å². The van der Waals surface area contributed by atoms with Crippen LogP contribution in [0.3, 0.4) is 0 Å². The third kappa shape index (κ3) is 3.97. The molecular formula is C26H22F2N6O. The van der Waals surface area contributed by atoms with Crippen molar-refractivity contribution in [1.82, 2.24) is 29.5 Å². The van der Waals surface area contributed by atoms with Crippen molar-refractivity contribution in [3.05, 3.63) is 73.0 Å². The van der Waals surface area contributed by atoms with Crippen LogP contribution in [0, 0.1) is 11.6 Å². The first-order chi connectivity index (χ1) is 17.1. The molecule has 0 saturated carbocycles. The number of nitrogens with zero attached hydrogens (tertiary/aromatic N) is 6. The minimum absolute atomic E-state index is 0.0771. The van der Waals surface area contributed by atoms with Gasteiger partial charge in [0, 0.05) is 48.1 Å². The maximum atomic E-state index is 14.9. The number of benzene rings is 2. The summed E-state index contributed by atoms with van der Waals surface area (Å²) in [6.07, 6.45) is 9.55. The molecule has 1 unspecified atom stereocenters. The molecule has 0 bridgehead atoms. The normalized spacial score (nSPS) is 16.1. The molecule has 1 aliphatic rings. The Balaban J connectivity index is 1.53. The first-order valence-corrected chi connectivity index (χ1v) is 11.5. The van der Waals surface area contributed by atoms with Gasteiger partial charge in [0.25, 0.3) is 0 Å². The quantitative estimate of drug-likeness (QED) is 0.344. The van der Waals surface area contributed by atoms with Crippen molar-refractivity contribution in [3.63, 3.8) is 0 Å². The van der Waals surface area contributed by atoms with E-state index in [1.807, 2.05) is 37.6 Å². The van der Waals surface area contributed by atoms with Crippen LogP contribution >= 0.6 is 0 Å². The van der Waals surface area contributed by atoms with E-state index in [9.17, 15) is 8.78 Å². The summed E-state index contributed by atoms with van der Waals surface area (Å²) in [5, 5.41) is 9.69. The molecule has 0 spiro atoms. The van der Waals surface area contributed by atoms with Gasteiger partial charge in [-0.25, -0.2) is 23.4 Å². The Morgan fingerprint density at radius 3 is 2.66 bits per heavy atom. The predicted octanol–water partition coefficient (Wildman–Crippen LogP) is 5.54. The fraction of sp³-hybridized carbons (Fsp3) is 0.231. The predicted molar refractivity (Wildman–Crippen MR) is 127 cm³/mol. The zero-order chi connectivity index (χ0) is 23.9. The fourth-order valence-corrected chi connectivity index (χ4v) is 4.54. The van der Waals surface area contributed by atoms with Gasteiger partial charge in [0.1, 0.15) is 29.9 Å². The molecule has 0 radical (unpaired) electrons. The van der Waals surface area contributed by atoms with Crippen LogP contribution in [0.1, 0.15) is 25.5 Å². The van der Waals surface area contributed by atoms with Gasteiger partial charge in [-0.15, -0.1) is 0 Å². The number of aromatic nitrogens is 6. The van der Waals surface area contributed by atoms with Crippen molar-refractivity contribution in [2.45, 2.75) is 25.5 Å². The van der Waals surface area contributed by atoms with Crippen molar-refractivity contribution in [3.8, 4) is 33.6 Å². The van der Waals surface area contributed by atoms with Crippen LogP contribution in [0.2, 0.25) is 0 Å². The standard InChI is InChI=1S/C26H22F2N6O/c1-33-13-17(12-31-33)16-5-7-19-23(10-16)29-15-30-25(19)21-14-34(24-4-2-3-9-35-24)32-26(21)20-11-18(27)6-8-22(20)28/h5-8,10-15,24H,2-4,9H2,1H3. The largest absolute Gasteiger partial charge is 0.357 e. The number of ether oxygens (including phenoxy) is 1. The minimum Gasteiger partial charge on any atom is -0.357 e. The summed E-state index contributed by atoms with van der Waals surface area (Å²) in [6.45, 7) is 0.636. The van der Waals surface area contributed by atoms with Gasteiger partial charge < -0.3 is 4.74 Å². The van der Waals surface area contributed by atoms with Gasteiger partial charge in [0.2, 0.25) is 0 Å². The van der Waals surface area contributed by atoms with Crippen LogP contribution < -0.4 is 0 Å². The average molecular weight is 472 g/mol. The van der Waals surface area contributed by atoms with E-state index in [-0.39, 0.29) is 11.8 Å². The first-order valence-electron chi connectivity index (χ1n) is 11.5. The molecule has 176 valence electrons. The topological polar surface area (TPSA) is 70.7 Å². The lowest BCUT2D eigenvalue weighted by Gasteiger charge is -2.22. The third-order valence-electron chi connectivity index (χ3n) is 6.30. The van der Waals surface area contributed by atoms with Crippen molar-refractivity contribution < 1.29 is 13.5 Å². The highest BCUT2D eigenvalue weighted by molar-refractivity contribution is 5.97. The summed E-state index contributed by atoms with van der Waals surface area (Å²) in [5.74, 6) is -1.09. The summed E-state index contributed by atoms with van der Waals surface area (Å²) in [6, 6.07) is 9.25. The first kappa shape index (κ1) is 21.5. The van der Waals surface area contributed by atoms with Crippen LogP contribution in [0.5, 0.6) is 0 Å². The lowest BCUT2D eigenvalue weighted by molar-refractivity contribution is -0.0393. The van der Waals surface area contributed by atoms with Crippen LogP contribution in [0.4, 0.5) is 8.78 Å². The molecule has 7 nitrogen and oxygen atoms in total. The molecule has 0 N–H and O–H groups in total. The molecule has 35 heavy (non-hydrogen) atoms. The van der Waals surface area contributed by atoms with E-state index >= 15 is 0 Å². The molecular weight excluding hydrogens is 450 g/mol. The Kier molecular flexibility index (Phi) is 5.33. The van der Waals surface area contributed by atoms with Crippen molar-refractivity contribution >= 4 is 10.9 Å². The summed E-state index contributed by atoms with van der Waals surface area (Å²) in [4.78, 5) is 9.01. The highest BCUT2D eigenvalue weighted by atomic mass is 19.1. The zero-order valence-corrected chi connectivity index (χ0v) is 19.0. The van der Waals surface area contributed by atoms with Gasteiger partial charge in [-0.3, -0.25) is 4.68 Å². The minimum atomic E-state index is -0.556. The number of halogens is 2. The second-order valence-corrected chi connectivity index (χ2v) is 8.67. The van der Waals surface area contributed by atoms with Crippen molar-refractivity contribution in [2.75, 3.05) is 6.61 Å². The summed E-state index contributed by atoms with van der Waals surface area (Å²) in [7, 11) is 1.87. The molecule has 1 atom stereocenters. The highest BCUT2D eigenvalue weighted by Crippen LogP contribution is 2.37. The number of rotatable bonds is 4. The number of aryl methyl sites for hydroxylation is 1. The molecule has 6 rings (SSSR count). The third-order valence-corrected chi connectivity index (χ3v) is 6.30. The molecule has 0 amide bonds. The zero-order valence-electron chi connectivity index (χ0n) is 19.0. The van der Waals surface area contributed by atoms with E-state index in [1.165, 1.54) is 6.33 Å². The molecule has 5 aromatic rings. The smallest absolute Gasteiger partial charge is 0.150 e. The summed E-state index contributed by atoms with van der Waals surface area (Å²) < 4.78 is 38.3. The maximum Gasteiger partial charge on any atom is 0.150 e. The fourth-order valence-electron chi connectivity index (χ4n) is 4.54. The van der Waals surface area contributed by atoms with E-state index in [1.54, 1.807) is 15.6 Å². The van der Waals surface area contributed by atoms with Gasteiger partial charge in [0.15, 0.2) is 0 Å². The van der Waals surface area contributed by atoms with E-state index in [0.717, 1.165) is 59.5 Å². The van der Waals surface area contributed by atoms with Crippen molar-refractivity contribution in [2.24, 2.45) is 7.05 Å². The van der Waals surface area contributed by atoms with Gasteiger partial charge in [-0.2, -0.15) is 10.2 Å². The Labute approximate surface area is 200 Å². The molecule has 9 heteroatoms. The molecule has 1 fully saturated rings. The lowest BCUT2D eigenvalue weighted by Crippen LogP contribution is -2.18. The van der Waals surface area contributed by atoms with E-state index in [4.69, 9.17) is 4.74 Å². The summed E-state index contributed by atoms with van der Waals surface area (Å²) in [5.41, 5.74) is 4.24. The van der Waals surface area contributed by atoms with Gasteiger partial charge in [0.05, 0.1) is 17.4 Å². The number of fused-ring (bicyclic) bond motifs is 1. The molecule has 2 aromatic carbocycles. The van der Waals surface area contributed by atoms with Gasteiger partial charge in [-0.1, -0.05) is 6.07 Å². The second-order valence-electron chi connectivity index (χ2n) is 8.67. The maximum absolute atomic E-state index is 14.9. The van der Waals surface area contributed by atoms with E-state index < -0.39 is 11.6 Å². The van der Waals surface area contributed by atoms with Crippen LogP contribution in [-0.2, 0) is 11.8 Å². The van der Waals surface area contributed by atoms with Crippen LogP contribution in [0.25, 0.3) is 44.5 Å². The van der Waals surface area contributed by atoms with Gasteiger partial charge in [-0.05, 0) is 55.2 Å². The van der Waals surface area contributed by atoms with E-state index in [0.29, 0.717) is 23.6 Å². The van der Waals surface area contributed by atoms with Crippen LogP contribution in [-0.4, -0.2) is 36.1 Å². The van der Waals surface area contributed by atoms with Gasteiger partial charge >= 0.3 is 0 Å². The molecule has 4 heterocycles. The molecule has 3 aromatic heterocycles. The number of hydrogen-bond acceptors (Lipinski definition) is 5.